The van der Waals surface area contributed by atoms with E-state index in [-0.39, 0.29) is 9.79 Å². The Morgan fingerprint density at radius 1 is 0.600 bits per heavy atom. The smallest absolute Gasteiger partial charge is 0.388 e. The first kappa shape index (κ1) is 30.1. The minimum absolute atomic E-state index is 0.220. The molecule has 4 atom stereocenters. The van der Waals surface area contributed by atoms with Crippen LogP contribution in [0.25, 0.3) is 21.5 Å². The van der Waals surface area contributed by atoms with E-state index in [0.29, 0.717) is 21.5 Å². The standard InChI is InChI=1S/C26H26O11PS2/c1-17(27)25(36-39(30,31)23-15-7-11-19-9-3-5-13-21(19)23)34-38(29)35-26(18(2)28)37-40(32,33)24-16-8-12-20-10-4-6-14-22(20)24/h3-18,25-28H,1-2H3/q+1/t17-,18-,25-,26-/m0/s1. The molecule has 11 nitrogen and oxygen atoms in total. The molecule has 0 aliphatic carbocycles. The van der Waals surface area contributed by atoms with Crippen LogP contribution in [0.3, 0.4) is 0 Å². The second kappa shape index (κ2) is 12.4. The highest BCUT2D eigenvalue weighted by Gasteiger charge is 2.41. The molecule has 212 valence electrons. The average Bonchev–Trinajstić information content (AvgIpc) is 2.91. The van der Waals surface area contributed by atoms with Gasteiger partial charge in [-0.05, 0) is 36.8 Å². The van der Waals surface area contributed by atoms with Crippen LogP contribution in [0.5, 0.6) is 0 Å². The molecule has 40 heavy (non-hydrogen) atoms. The molecule has 4 aromatic rings. The number of benzene rings is 4. The van der Waals surface area contributed by atoms with Crippen LogP contribution in [0.2, 0.25) is 0 Å². The highest BCUT2D eigenvalue weighted by atomic mass is 32.2. The SMILES string of the molecule is C[C@H](O)[C@@H](O[P+](=O)O[C@@H](OS(=O)(=O)c1cccc2ccccc12)[C@H](C)O)OS(=O)(=O)c1cccc2ccccc12. The van der Waals surface area contributed by atoms with Crippen LogP contribution >= 0.6 is 8.25 Å². The van der Waals surface area contributed by atoms with E-state index in [2.05, 4.69) is 0 Å². The van der Waals surface area contributed by atoms with Crippen molar-refractivity contribution in [1.82, 2.24) is 0 Å². The van der Waals surface area contributed by atoms with Crippen molar-refractivity contribution >= 4 is 50.0 Å². The normalized spacial score (nSPS) is 15.5. The predicted octanol–water partition coefficient (Wildman–Crippen LogP) is 4.21. The summed E-state index contributed by atoms with van der Waals surface area (Å²) in [4.78, 5) is -0.440. The van der Waals surface area contributed by atoms with Crippen LogP contribution in [-0.2, 0) is 42.2 Å². The summed E-state index contributed by atoms with van der Waals surface area (Å²) in [6, 6.07) is 22.2. The fourth-order valence-corrected chi connectivity index (χ4v) is 7.20. The molecule has 0 heterocycles. The summed E-state index contributed by atoms with van der Waals surface area (Å²) in [5, 5.41) is 22.1. The van der Waals surface area contributed by atoms with Gasteiger partial charge in [-0.2, -0.15) is 16.8 Å². The van der Waals surface area contributed by atoms with E-state index < -0.39 is 53.3 Å². The Kier molecular flexibility index (Phi) is 9.30. The van der Waals surface area contributed by atoms with Crippen molar-refractivity contribution in [3.63, 3.8) is 0 Å². The van der Waals surface area contributed by atoms with Crippen LogP contribution in [0.15, 0.2) is 94.7 Å². The molecule has 0 amide bonds. The quantitative estimate of drug-likeness (QED) is 0.134. The third-order valence-corrected chi connectivity index (χ3v) is 9.08. The Morgan fingerprint density at radius 3 is 1.32 bits per heavy atom. The molecule has 0 unspecified atom stereocenters. The van der Waals surface area contributed by atoms with E-state index in [1.54, 1.807) is 60.7 Å². The van der Waals surface area contributed by atoms with Crippen LogP contribution in [0.1, 0.15) is 13.8 Å². The maximum Gasteiger partial charge on any atom is 0.703 e. The summed E-state index contributed by atoms with van der Waals surface area (Å²) < 4.78 is 84.9. The van der Waals surface area contributed by atoms with Crippen LogP contribution < -0.4 is 0 Å². The van der Waals surface area contributed by atoms with Gasteiger partial charge in [-0.25, -0.2) is 8.37 Å². The Labute approximate surface area is 232 Å². The number of hydrogen-bond acceptors (Lipinski definition) is 11. The predicted molar refractivity (Wildman–Crippen MR) is 145 cm³/mol. The van der Waals surface area contributed by atoms with Gasteiger partial charge < -0.3 is 10.2 Å². The molecule has 0 radical (unpaired) electrons. The van der Waals surface area contributed by atoms with Gasteiger partial charge in [0, 0.05) is 15.3 Å². The molecule has 0 spiro atoms. The topological polar surface area (TPSA) is 163 Å². The third-order valence-electron chi connectivity index (χ3n) is 5.65. The zero-order chi connectivity index (χ0) is 29.1. The van der Waals surface area contributed by atoms with Gasteiger partial charge in [-0.15, -0.1) is 0 Å². The summed E-state index contributed by atoms with van der Waals surface area (Å²) in [7, 11) is -12.5. The van der Waals surface area contributed by atoms with E-state index in [1.165, 1.54) is 24.3 Å². The van der Waals surface area contributed by atoms with Gasteiger partial charge in [0.1, 0.15) is 22.0 Å². The molecule has 0 fully saturated rings. The third kappa shape index (κ3) is 6.89. The molecule has 4 aromatic carbocycles. The maximum atomic E-state index is 13.0. The molecule has 14 heteroatoms. The molecular formula is C26H26O11PS2+. The van der Waals surface area contributed by atoms with Gasteiger partial charge in [-0.3, -0.25) is 0 Å². The van der Waals surface area contributed by atoms with Crippen molar-refractivity contribution in [3.8, 4) is 0 Å². The van der Waals surface area contributed by atoms with Gasteiger partial charge in [-0.1, -0.05) is 81.8 Å². The fraction of sp³-hybridized carbons (Fsp3) is 0.231. The molecule has 0 bridgehead atoms. The number of aliphatic hydroxyl groups excluding tert-OH is 2. The molecule has 0 aromatic heterocycles. The summed E-state index contributed by atoms with van der Waals surface area (Å²) in [6.07, 6.45) is -7.29. The minimum atomic E-state index is -4.55. The molecule has 0 aliphatic heterocycles. The monoisotopic (exact) mass is 609 g/mol. The van der Waals surface area contributed by atoms with E-state index >= 15 is 0 Å². The van der Waals surface area contributed by atoms with E-state index in [4.69, 9.17) is 17.4 Å². The zero-order valence-electron chi connectivity index (χ0n) is 21.2. The van der Waals surface area contributed by atoms with Crippen LogP contribution in [0.4, 0.5) is 0 Å². The largest absolute Gasteiger partial charge is 0.703 e. The number of hydrogen-bond donors (Lipinski definition) is 2. The molecule has 0 aliphatic rings. The van der Waals surface area contributed by atoms with Gasteiger partial charge in [0.2, 0.25) is 0 Å². The van der Waals surface area contributed by atoms with Crippen molar-refractivity contribution in [2.24, 2.45) is 0 Å². The van der Waals surface area contributed by atoms with Crippen molar-refractivity contribution in [2.75, 3.05) is 0 Å². The summed E-state index contributed by atoms with van der Waals surface area (Å²) in [5.74, 6) is 0. The number of rotatable bonds is 12. The van der Waals surface area contributed by atoms with Gasteiger partial charge in [0.05, 0.1) is 0 Å². The lowest BCUT2D eigenvalue weighted by molar-refractivity contribution is -0.106. The first-order chi connectivity index (χ1) is 18.9. The first-order valence-corrected chi connectivity index (χ1v) is 15.8. The van der Waals surface area contributed by atoms with Gasteiger partial charge in [0.25, 0.3) is 32.8 Å². The Balaban J connectivity index is 1.51. The summed E-state index contributed by atoms with van der Waals surface area (Å²) in [6.45, 7) is 2.25. The lowest BCUT2D eigenvalue weighted by atomic mass is 10.1. The van der Waals surface area contributed by atoms with Crippen molar-refractivity contribution in [2.45, 2.75) is 48.4 Å². The summed E-state index contributed by atoms with van der Waals surface area (Å²) >= 11 is 0. The van der Waals surface area contributed by atoms with Gasteiger partial charge >= 0.3 is 8.25 Å². The number of aliphatic hydroxyl groups is 2. The first-order valence-electron chi connectivity index (χ1n) is 11.9. The highest BCUT2D eigenvalue weighted by molar-refractivity contribution is 7.87. The maximum absolute atomic E-state index is 13.0. The second-order valence-corrected chi connectivity index (χ2v) is 12.7. The molecule has 2 N–H and O–H groups in total. The van der Waals surface area contributed by atoms with E-state index in [1.807, 2.05) is 0 Å². The highest BCUT2D eigenvalue weighted by Crippen LogP contribution is 2.35. The lowest BCUT2D eigenvalue weighted by Crippen LogP contribution is -2.33. The van der Waals surface area contributed by atoms with Crippen molar-refractivity contribution in [1.29, 1.82) is 0 Å². The van der Waals surface area contributed by atoms with Crippen molar-refractivity contribution in [3.05, 3.63) is 84.9 Å². The fourth-order valence-electron chi connectivity index (χ4n) is 3.75. The molecule has 4 rings (SSSR count). The second-order valence-electron chi connectivity index (χ2n) is 8.71. The van der Waals surface area contributed by atoms with Gasteiger partial charge in [0.15, 0.2) is 0 Å². The Bertz CT molecular complexity index is 1600. The van der Waals surface area contributed by atoms with Crippen molar-refractivity contribution < 1.29 is 49.0 Å². The van der Waals surface area contributed by atoms with Crippen LogP contribution in [-0.4, -0.2) is 51.8 Å². The molecule has 0 saturated heterocycles. The summed E-state index contributed by atoms with van der Waals surface area (Å²) in [5.41, 5.74) is 0. The van der Waals surface area contributed by atoms with Crippen LogP contribution in [0, 0.1) is 0 Å². The molecule has 0 saturated carbocycles. The number of fused-ring (bicyclic) bond motifs is 2. The Hall–Kier alpha value is -2.84. The Morgan fingerprint density at radius 2 is 0.950 bits per heavy atom. The zero-order valence-corrected chi connectivity index (χ0v) is 23.8. The van der Waals surface area contributed by atoms with E-state index in [0.717, 1.165) is 13.8 Å². The average molecular weight is 610 g/mol. The lowest BCUT2D eigenvalue weighted by Gasteiger charge is -2.17. The van der Waals surface area contributed by atoms with E-state index in [9.17, 15) is 31.6 Å². The minimum Gasteiger partial charge on any atom is -0.388 e. The molecular weight excluding hydrogens is 583 g/mol.